The Bertz CT molecular complexity index is 1670. The van der Waals surface area contributed by atoms with E-state index in [0.717, 1.165) is 67.4 Å². The molecule has 0 saturated heterocycles. The maximum absolute atomic E-state index is 14.8. The Morgan fingerprint density at radius 3 is 2.33 bits per heavy atom. The summed E-state index contributed by atoms with van der Waals surface area (Å²) in [7, 11) is 0. The van der Waals surface area contributed by atoms with Crippen LogP contribution >= 0.6 is 0 Å². The second kappa shape index (κ2) is 26.0. The highest BCUT2D eigenvalue weighted by atomic mass is 16.7. The van der Waals surface area contributed by atoms with Crippen LogP contribution in [0.2, 0.25) is 0 Å². The zero-order valence-electron chi connectivity index (χ0n) is 36.8. The highest BCUT2D eigenvalue weighted by Crippen LogP contribution is 2.62. The van der Waals surface area contributed by atoms with Crippen LogP contribution in [0.5, 0.6) is 11.5 Å². The number of phenolic OH excluding ortho intramolecular Hbond substituents is 1. The van der Waals surface area contributed by atoms with E-state index in [2.05, 4.69) is 19.6 Å². The summed E-state index contributed by atoms with van der Waals surface area (Å²) in [6.07, 6.45) is 19.6. The minimum absolute atomic E-state index is 0.0204. The number of phenols is 1. The molecule has 1 amide bonds. The maximum Gasteiger partial charge on any atom is 0.239 e. The number of aromatic hydroxyl groups is 1. The third-order valence-electron chi connectivity index (χ3n) is 12.8. The van der Waals surface area contributed by atoms with Crippen molar-refractivity contribution in [3.05, 3.63) is 84.0 Å². The molecule has 2 aliphatic carbocycles. The zero-order chi connectivity index (χ0) is 43.3. The average molecular weight is 847 g/mol. The lowest BCUT2D eigenvalue weighted by molar-refractivity contribution is -0.258. The first-order valence-electron chi connectivity index (χ1n) is 23.3. The molecule has 0 unspecified atom stereocenters. The summed E-state index contributed by atoms with van der Waals surface area (Å²) in [6, 6.07) is 14.5. The number of oxime groups is 1. The molecule has 338 valence electrons. The van der Waals surface area contributed by atoms with Gasteiger partial charge in [-0.1, -0.05) is 119 Å². The van der Waals surface area contributed by atoms with Gasteiger partial charge in [-0.15, -0.1) is 6.58 Å². The van der Waals surface area contributed by atoms with Crippen molar-refractivity contribution in [2.75, 3.05) is 46.2 Å². The molecular formula is C50H74N2O9. The molecule has 3 aliphatic rings. The van der Waals surface area contributed by atoms with E-state index in [1.807, 2.05) is 47.4 Å². The van der Waals surface area contributed by atoms with E-state index in [1.165, 1.54) is 38.5 Å². The maximum atomic E-state index is 14.8. The highest BCUT2D eigenvalue weighted by Gasteiger charge is 2.65. The van der Waals surface area contributed by atoms with Crippen LogP contribution < -0.4 is 4.74 Å². The molecular weight excluding hydrogens is 773 g/mol. The number of hydrogen-bond donors (Lipinski definition) is 4. The number of fused-ring (bicyclic) bond motifs is 2. The van der Waals surface area contributed by atoms with Gasteiger partial charge in [-0.2, -0.15) is 0 Å². The first-order chi connectivity index (χ1) is 29.9. The second-order valence-corrected chi connectivity index (χ2v) is 17.1. The topological polar surface area (TPSA) is 151 Å². The van der Waals surface area contributed by atoms with E-state index in [9.17, 15) is 25.2 Å². The van der Waals surface area contributed by atoms with Crippen molar-refractivity contribution in [2.45, 2.75) is 140 Å². The van der Waals surface area contributed by atoms with Gasteiger partial charge in [0.1, 0.15) is 24.1 Å². The number of aliphatic hydroxyl groups is 3. The monoisotopic (exact) mass is 847 g/mol. The minimum atomic E-state index is -1.39. The summed E-state index contributed by atoms with van der Waals surface area (Å²) < 4.78 is 20.2. The Morgan fingerprint density at radius 1 is 0.902 bits per heavy atom. The molecule has 1 heterocycles. The number of rotatable bonds is 30. The summed E-state index contributed by atoms with van der Waals surface area (Å²) in [5.41, 5.74) is 3.52. The largest absolute Gasteiger partial charge is 0.508 e. The number of hydrogen-bond acceptors (Lipinski definition) is 10. The summed E-state index contributed by atoms with van der Waals surface area (Å²) in [5.74, 6) is -1.22. The van der Waals surface area contributed by atoms with Crippen molar-refractivity contribution < 1.29 is 44.3 Å². The molecule has 2 aromatic carbocycles. The first kappa shape index (κ1) is 48.3. The Balaban J connectivity index is 1.62. The van der Waals surface area contributed by atoms with Crippen molar-refractivity contribution in [3.63, 3.8) is 0 Å². The van der Waals surface area contributed by atoms with Gasteiger partial charge in [0, 0.05) is 44.1 Å². The van der Waals surface area contributed by atoms with E-state index in [4.69, 9.17) is 24.2 Å². The standard InChI is InChI=1S/C50H74N2O9/c1-3-5-6-7-8-9-10-11-15-24-47(57)52(27-32-58-33-30-55)46-36-44(51-60-37-38-20-13-12-14-21-38)42-34-39(22-16-18-28-53)41(23-17-19-29-54)48-43-35-40(56)25-26-45(43)61-50(46,49(42)48)59-31-4-2/h4,12-14,20-21,25-26,34-35,39,41,46,48-49,53-56H,2-3,5-11,15-19,22-24,27-33,36-37H2,1H3/t39-,41+,46-,48+,49+,50+/m0/s1. The molecule has 0 bridgehead atoms. The summed E-state index contributed by atoms with van der Waals surface area (Å²) in [4.78, 5) is 22.9. The molecule has 2 aromatic rings. The highest BCUT2D eigenvalue weighted by molar-refractivity contribution is 6.03. The number of carbonyl (C=O) groups is 1. The minimum Gasteiger partial charge on any atom is -0.508 e. The number of ether oxygens (including phenoxy) is 3. The van der Waals surface area contributed by atoms with Gasteiger partial charge >= 0.3 is 0 Å². The lowest BCUT2D eigenvalue weighted by Crippen LogP contribution is -2.70. The molecule has 0 aromatic heterocycles. The van der Waals surface area contributed by atoms with Crippen molar-refractivity contribution in [3.8, 4) is 11.5 Å². The fourth-order valence-electron chi connectivity index (χ4n) is 9.93. The predicted octanol–water partition coefficient (Wildman–Crippen LogP) is 8.98. The number of benzene rings is 2. The van der Waals surface area contributed by atoms with Gasteiger partial charge in [0.2, 0.25) is 11.7 Å². The van der Waals surface area contributed by atoms with Crippen LogP contribution in [0.3, 0.4) is 0 Å². The summed E-state index contributed by atoms with van der Waals surface area (Å²) in [6.45, 7) is 7.39. The van der Waals surface area contributed by atoms with Crippen LogP contribution in [0.25, 0.3) is 0 Å². The third-order valence-corrected chi connectivity index (χ3v) is 12.8. The van der Waals surface area contributed by atoms with Gasteiger partial charge in [0.15, 0.2) is 0 Å². The van der Waals surface area contributed by atoms with Gasteiger partial charge in [0.05, 0.1) is 38.1 Å². The van der Waals surface area contributed by atoms with Crippen LogP contribution in [-0.4, -0.2) is 95.0 Å². The quantitative estimate of drug-likeness (QED) is 0.0343. The fraction of sp³-hybridized carbons (Fsp3) is 0.640. The van der Waals surface area contributed by atoms with Crippen LogP contribution in [0, 0.1) is 17.8 Å². The molecule has 1 aliphatic heterocycles. The van der Waals surface area contributed by atoms with E-state index >= 15 is 0 Å². The smallest absolute Gasteiger partial charge is 0.239 e. The summed E-state index contributed by atoms with van der Waals surface area (Å²) in [5, 5.41) is 45.3. The lowest BCUT2D eigenvalue weighted by Gasteiger charge is -2.60. The number of aliphatic hydroxyl groups excluding tert-OH is 3. The average Bonchev–Trinajstić information content (AvgIpc) is 3.27. The Labute approximate surface area is 364 Å². The van der Waals surface area contributed by atoms with Crippen LogP contribution in [-0.2, 0) is 25.7 Å². The molecule has 1 fully saturated rings. The second-order valence-electron chi connectivity index (χ2n) is 17.1. The number of allylic oxidation sites excluding steroid dienone is 1. The number of nitrogens with zero attached hydrogens (tertiary/aromatic N) is 2. The number of carbonyl (C=O) groups excluding carboxylic acids is 1. The third kappa shape index (κ3) is 13.1. The normalized spacial score (nSPS) is 23.4. The number of unbranched alkanes of at least 4 members (excludes halogenated alkanes) is 10. The molecule has 4 N–H and O–H groups in total. The van der Waals surface area contributed by atoms with E-state index < -0.39 is 17.7 Å². The van der Waals surface area contributed by atoms with Crippen LogP contribution in [0.1, 0.15) is 133 Å². The van der Waals surface area contributed by atoms with Crippen LogP contribution in [0.4, 0.5) is 0 Å². The number of amides is 1. The Hall–Kier alpha value is -3.74. The zero-order valence-corrected chi connectivity index (χ0v) is 36.8. The molecule has 0 spiro atoms. The van der Waals surface area contributed by atoms with E-state index in [0.29, 0.717) is 25.0 Å². The van der Waals surface area contributed by atoms with E-state index in [-0.39, 0.29) is 88.6 Å². The molecule has 1 saturated carbocycles. The first-order valence-corrected chi connectivity index (χ1v) is 23.3. The predicted molar refractivity (Wildman–Crippen MR) is 239 cm³/mol. The lowest BCUT2D eigenvalue weighted by atomic mass is 9.55. The molecule has 6 atom stereocenters. The van der Waals surface area contributed by atoms with Crippen molar-refractivity contribution in [1.82, 2.24) is 4.90 Å². The SMILES string of the molecule is C=CCO[C@@]12Oc3ccc(O)cc3[C@H]3[C@H](CCCCO)[C@@H](CCCCO)C=C(C(=NOCc4ccccc4)C[C@@H]1N(CCOCCO)C(=O)CCCCCCCCCCC)[C@H]32. The van der Waals surface area contributed by atoms with Gasteiger partial charge in [-0.05, 0) is 73.3 Å². The van der Waals surface area contributed by atoms with Gasteiger partial charge < -0.3 is 44.4 Å². The molecule has 5 rings (SSSR count). The van der Waals surface area contributed by atoms with Gasteiger partial charge in [-0.3, -0.25) is 4.79 Å². The van der Waals surface area contributed by atoms with Crippen molar-refractivity contribution >= 4 is 11.6 Å². The molecule has 61 heavy (non-hydrogen) atoms. The summed E-state index contributed by atoms with van der Waals surface area (Å²) >= 11 is 0. The van der Waals surface area contributed by atoms with Gasteiger partial charge in [0.25, 0.3) is 0 Å². The van der Waals surface area contributed by atoms with Crippen molar-refractivity contribution in [2.24, 2.45) is 22.9 Å². The fourth-order valence-corrected chi connectivity index (χ4v) is 9.93. The Kier molecular flexibility index (Phi) is 20.6. The van der Waals surface area contributed by atoms with Crippen molar-refractivity contribution in [1.29, 1.82) is 0 Å². The van der Waals surface area contributed by atoms with Gasteiger partial charge in [-0.25, -0.2) is 0 Å². The molecule has 11 heteroatoms. The molecule has 0 radical (unpaired) electrons. The van der Waals surface area contributed by atoms with E-state index in [1.54, 1.807) is 12.1 Å². The molecule has 11 nitrogen and oxygen atoms in total. The van der Waals surface area contributed by atoms with Crippen LogP contribution in [0.15, 0.2) is 78.0 Å². The Morgan fingerprint density at radius 2 is 1.62 bits per heavy atom.